The third-order valence-corrected chi connectivity index (χ3v) is 3.32. The number of phenolic OH excluding ortho intramolecular Hbond substituents is 1. The Labute approximate surface area is 91.1 Å². The van der Waals surface area contributed by atoms with Gasteiger partial charge in [-0.25, -0.2) is 0 Å². The molecule has 2 nitrogen and oxygen atoms in total. The smallest absolute Gasteiger partial charge is 0.123 e. The van der Waals surface area contributed by atoms with Gasteiger partial charge in [0.05, 0.1) is 0 Å². The summed E-state index contributed by atoms with van der Waals surface area (Å²) in [6, 6.07) is 4.07. The molecule has 2 heteroatoms. The molecule has 0 bridgehead atoms. The van der Waals surface area contributed by atoms with E-state index in [1.54, 1.807) is 0 Å². The molecule has 3 N–H and O–H groups in total. The van der Waals surface area contributed by atoms with E-state index in [1.807, 2.05) is 13.0 Å². The summed E-state index contributed by atoms with van der Waals surface area (Å²) in [4.78, 5) is 0. The fraction of sp³-hybridized carbons (Fsp3) is 0.538. The van der Waals surface area contributed by atoms with Crippen molar-refractivity contribution in [1.82, 2.24) is 0 Å². The van der Waals surface area contributed by atoms with Crippen LogP contribution in [-0.2, 0) is 5.54 Å². The number of aryl methyl sites for hydroxylation is 1. The Morgan fingerprint density at radius 2 is 1.93 bits per heavy atom. The van der Waals surface area contributed by atoms with Crippen molar-refractivity contribution in [3.8, 4) is 5.75 Å². The topological polar surface area (TPSA) is 46.2 Å². The SMILES string of the molecule is Cc1ccc(C(C)C)c(C2(N)CC2)c1O. The van der Waals surface area contributed by atoms with Crippen molar-refractivity contribution >= 4 is 0 Å². The van der Waals surface area contributed by atoms with E-state index in [1.165, 1.54) is 5.56 Å². The van der Waals surface area contributed by atoms with Crippen LogP contribution < -0.4 is 5.73 Å². The zero-order valence-electron chi connectivity index (χ0n) is 9.67. The monoisotopic (exact) mass is 205 g/mol. The van der Waals surface area contributed by atoms with E-state index >= 15 is 0 Å². The maximum absolute atomic E-state index is 10.1. The molecule has 0 atom stereocenters. The number of rotatable bonds is 2. The van der Waals surface area contributed by atoms with Crippen LogP contribution in [0.3, 0.4) is 0 Å². The van der Waals surface area contributed by atoms with Gasteiger partial charge in [-0.2, -0.15) is 0 Å². The first-order chi connectivity index (χ1) is 6.96. The third kappa shape index (κ3) is 1.63. The Hall–Kier alpha value is -1.02. The van der Waals surface area contributed by atoms with Crippen LogP contribution in [0.1, 0.15) is 49.3 Å². The molecule has 0 saturated heterocycles. The van der Waals surface area contributed by atoms with Gasteiger partial charge in [0.1, 0.15) is 5.75 Å². The number of hydrogen-bond donors (Lipinski definition) is 2. The summed E-state index contributed by atoms with van der Waals surface area (Å²) >= 11 is 0. The van der Waals surface area contributed by atoms with Crippen molar-refractivity contribution < 1.29 is 5.11 Å². The van der Waals surface area contributed by atoms with Gasteiger partial charge in [0.15, 0.2) is 0 Å². The predicted octanol–water partition coefficient (Wildman–Crippen LogP) is 2.77. The van der Waals surface area contributed by atoms with Crippen molar-refractivity contribution in [2.75, 3.05) is 0 Å². The normalized spacial score (nSPS) is 18.2. The average Bonchev–Trinajstić information content (AvgIpc) is 2.88. The first-order valence-electron chi connectivity index (χ1n) is 5.57. The Bertz CT molecular complexity index is 392. The van der Waals surface area contributed by atoms with E-state index in [9.17, 15) is 5.11 Å². The summed E-state index contributed by atoms with van der Waals surface area (Å²) < 4.78 is 0. The Morgan fingerprint density at radius 1 is 1.33 bits per heavy atom. The van der Waals surface area contributed by atoms with Gasteiger partial charge in [0.2, 0.25) is 0 Å². The average molecular weight is 205 g/mol. The van der Waals surface area contributed by atoms with Crippen LogP contribution in [-0.4, -0.2) is 5.11 Å². The van der Waals surface area contributed by atoms with Crippen molar-refractivity contribution in [2.24, 2.45) is 5.73 Å². The number of hydrogen-bond acceptors (Lipinski definition) is 2. The molecular formula is C13H19NO. The van der Waals surface area contributed by atoms with Crippen LogP contribution >= 0.6 is 0 Å². The molecule has 1 aromatic rings. The first-order valence-corrected chi connectivity index (χ1v) is 5.57. The Balaban J connectivity index is 2.61. The molecule has 1 aromatic carbocycles. The molecule has 0 aliphatic heterocycles. The number of benzene rings is 1. The molecule has 1 saturated carbocycles. The lowest BCUT2D eigenvalue weighted by atomic mass is 9.89. The molecule has 2 rings (SSSR count). The van der Waals surface area contributed by atoms with E-state index in [-0.39, 0.29) is 5.54 Å². The summed E-state index contributed by atoms with van der Waals surface area (Å²) in [6.45, 7) is 6.20. The molecule has 0 unspecified atom stereocenters. The van der Waals surface area contributed by atoms with Crippen LogP contribution in [0.5, 0.6) is 5.75 Å². The molecule has 82 valence electrons. The minimum atomic E-state index is -0.254. The van der Waals surface area contributed by atoms with Crippen LogP contribution in [0.15, 0.2) is 12.1 Å². The van der Waals surface area contributed by atoms with Crippen molar-refractivity contribution in [2.45, 2.75) is 45.1 Å². The van der Waals surface area contributed by atoms with E-state index in [2.05, 4.69) is 19.9 Å². The molecule has 0 spiro atoms. The Morgan fingerprint density at radius 3 is 2.40 bits per heavy atom. The zero-order valence-corrected chi connectivity index (χ0v) is 9.67. The largest absolute Gasteiger partial charge is 0.507 e. The summed E-state index contributed by atoms with van der Waals surface area (Å²) in [6.07, 6.45) is 1.98. The van der Waals surface area contributed by atoms with Gasteiger partial charge in [-0.05, 0) is 36.8 Å². The number of nitrogens with two attached hydrogens (primary N) is 1. The van der Waals surface area contributed by atoms with Gasteiger partial charge in [-0.3, -0.25) is 0 Å². The zero-order chi connectivity index (χ0) is 11.2. The van der Waals surface area contributed by atoms with Crippen LogP contribution in [0.25, 0.3) is 0 Å². The lowest BCUT2D eigenvalue weighted by molar-refractivity contribution is 0.453. The molecule has 0 heterocycles. The molecule has 1 aliphatic rings. The quantitative estimate of drug-likeness (QED) is 0.779. The van der Waals surface area contributed by atoms with Gasteiger partial charge < -0.3 is 10.8 Å². The van der Waals surface area contributed by atoms with Crippen molar-refractivity contribution in [1.29, 1.82) is 0 Å². The molecule has 0 aromatic heterocycles. The summed E-state index contributed by atoms with van der Waals surface area (Å²) in [7, 11) is 0. The van der Waals surface area contributed by atoms with Gasteiger partial charge >= 0.3 is 0 Å². The van der Waals surface area contributed by atoms with Gasteiger partial charge in [-0.1, -0.05) is 26.0 Å². The summed E-state index contributed by atoms with van der Waals surface area (Å²) in [5.74, 6) is 0.814. The van der Waals surface area contributed by atoms with Gasteiger partial charge in [0.25, 0.3) is 0 Å². The minimum absolute atomic E-state index is 0.254. The van der Waals surface area contributed by atoms with E-state index in [4.69, 9.17) is 5.73 Å². The van der Waals surface area contributed by atoms with Crippen LogP contribution in [0, 0.1) is 6.92 Å². The summed E-state index contributed by atoms with van der Waals surface area (Å²) in [5, 5.41) is 10.1. The minimum Gasteiger partial charge on any atom is -0.507 e. The summed E-state index contributed by atoms with van der Waals surface area (Å²) in [5.41, 5.74) is 9.06. The number of phenols is 1. The second-order valence-corrected chi connectivity index (χ2v) is 5.01. The molecular weight excluding hydrogens is 186 g/mol. The van der Waals surface area contributed by atoms with E-state index < -0.39 is 0 Å². The highest BCUT2D eigenvalue weighted by atomic mass is 16.3. The highest BCUT2D eigenvalue weighted by molar-refractivity contribution is 5.52. The molecule has 1 aliphatic carbocycles. The van der Waals surface area contributed by atoms with Crippen molar-refractivity contribution in [3.63, 3.8) is 0 Å². The van der Waals surface area contributed by atoms with Crippen LogP contribution in [0.4, 0.5) is 0 Å². The molecule has 0 amide bonds. The molecule has 0 radical (unpaired) electrons. The maximum atomic E-state index is 10.1. The third-order valence-electron chi connectivity index (χ3n) is 3.32. The number of aromatic hydroxyl groups is 1. The molecule has 15 heavy (non-hydrogen) atoms. The second kappa shape index (κ2) is 3.24. The first kappa shape index (κ1) is 10.5. The fourth-order valence-corrected chi connectivity index (χ4v) is 2.10. The lowest BCUT2D eigenvalue weighted by Gasteiger charge is -2.20. The maximum Gasteiger partial charge on any atom is 0.123 e. The molecule has 1 fully saturated rings. The lowest BCUT2D eigenvalue weighted by Crippen LogP contribution is -2.21. The van der Waals surface area contributed by atoms with Crippen molar-refractivity contribution in [3.05, 3.63) is 28.8 Å². The van der Waals surface area contributed by atoms with Crippen LogP contribution in [0.2, 0.25) is 0 Å². The van der Waals surface area contributed by atoms with E-state index in [0.29, 0.717) is 11.7 Å². The fourth-order valence-electron chi connectivity index (χ4n) is 2.10. The van der Waals surface area contributed by atoms with Gasteiger partial charge in [-0.15, -0.1) is 0 Å². The standard InChI is InChI=1S/C13H19NO/c1-8(2)10-5-4-9(3)12(15)11(10)13(14)6-7-13/h4-5,8,15H,6-7,14H2,1-3H3. The van der Waals surface area contributed by atoms with Gasteiger partial charge in [0, 0.05) is 11.1 Å². The van der Waals surface area contributed by atoms with E-state index in [0.717, 1.165) is 24.0 Å². The second-order valence-electron chi connectivity index (χ2n) is 5.01. The predicted molar refractivity (Wildman–Crippen MR) is 62.0 cm³/mol. The Kier molecular flexibility index (Phi) is 2.27. The highest BCUT2D eigenvalue weighted by Crippen LogP contribution is 2.49. The highest BCUT2D eigenvalue weighted by Gasteiger charge is 2.44.